The van der Waals surface area contributed by atoms with Crippen molar-refractivity contribution in [3.05, 3.63) is 47.5 Å². The number of carbonyl (C=O) groups excluding carboxylic acids is 1. The molecule has 24 heavy (non-hydrogen) atoms. The summed E-state index contributed by atoms with van der Waals surface area (Å²) < 4.78 is 16.3. The minimum Gasteiger partial charge on any atom is -0.495 e. The molecule has 0 heterocycles. The first-order valence-corrected chi connectivity index (χ1v) is 7.91. The highest BCUT2D eigenvalue weighted by Crippen LogP contribution is 2.30. The van der Waals surface area contributed by atoms with Gasteiger partial charge in [-0.15, -0.1) is 0 Å². The maximum atomic E-state index is 12.6. The fraction of sp³-hybridized carbons (Fsp3) is 0.278. The van der Waals surface area contributed by atoms with Crippen LogP contribution in [0.25, 0.3) is 0 Å². The average molecular weight is 350 g/mol. The monoisotopic (exact) mass is 349 g/mol. The van der Waals surface area contributed by atoms with Crippen molar-refractivity contribution in [2.75, 3.05) is 19.5 Å². The summed E-state index contributed by atoms with van der Waals surface area (Å²) in [5, 5.41) is 3.30. The Hall–Kier alpha value is -2.40. The van der Waals surface area contributed by atoms with E-state index in [1.165, 1.54) is 7.11 Å². The third-order valence-electron chi connectivity index (χ3n) is 3.42. The number of ether oxygens (including phenoxy) is 3. The number of anilines is 1. The molecule has 0 radical (unpaired) electrons. The number of carbonyl (C=O) groups is 1. The van der Waals surface area contributed by atoms with Crippen LogP contribution in [0.15, 0.2) is 42.5 Å². The molecule has 0 aliphatic carbocycles. The summed E-state index contributed by atoms with van der Waals surface area (Å²) in [7, 11) is 3.08. The number of benzene rings is 2. The van der Waals surface area contributed by atoms with E-state index in [1.54, 1.807) is 37.4 Å². The molecule has 0 saturated heterocycles. The van der Waals surface area contributed by atoms with Crippen molar-refractivity contribution in [2.45, 2.75) is 19.4 Å². The lowest BCUT2D eigenvalue weighted by Gasteiger charge is -2.19. The number of hydrogen-bond acceptors (Lipinski definition) is 4. The predicted molar refractivity (Wildman–Crippen MR) is 94.3 cm³/mol. The van der Waals surface area contributed by atoms with Gasteiger partial charge in [-0.3, -0.25) is 4.79 Å². The van der Waals surface area contributed by atoms with Gasteiger partial charge < -0.3 is 19.5 Å². The average Bonchev–Trinajstić information content (AvgIpc) is 2.60. The maximum Gasteiger partial charge on any atom is 0.265 e. The second kappa shape index (κ2) is 8.45. The van der Waals surface area contributed by atoms with Crippen LogP contribution in [-0.4, -0.2) is 26.2 Å². The molecule has 6 heteroatoms. The van der Waals surface area contributed by atoms with Gasteiger partial charge in [-0.25, -0.2) is 0 Å². The highest BCUT2D eigenvalue weighted by Gasteiger charge is 2.21. The van der Waals surface area contributed by atoms with E-state index in [-0.39, 0.29) is 5.91 Å². The first-order valence-electron chi connectivity index (χ1n) is 7.53. The molecule has 0 fully saturated rings. The summed E-state index contributed by atoms with van der Waals surface area (Å²) >= 11 is 5.99. The molecule has 2 aromatic rings. The third-order valence-corrected chi connectivity index (χ3v) is 3.66. The SMILES string of the molecule is CC[C@@H](Oc1ccccc1OC)C(=O)Nc1cc(Cl)ccc1OC. The Kier molecular flexibility index (Phi) is 6.32. The van der Waals surface area contributed by atoms with E-state index >= 15 is 0 Å². The van der Waals surface area contributed by atoms with Crippen molar-refractivity contribution < 1.29 is 19.0 Å². The molecule has 2 aromatic carbocycles. The second-order valence-electron chi connectivity index (χ2n) is 5.00. The van der Waals surface area contributed by atoms with Gasteiger partial charge in [0.1, 0.15) is 5.75 Å². The van der Waals surface area contributed by atoms with Gasteiger partial charge in [-0.05, 0) is 36.8 Å². The lowest BCUT2D eigenvalue weighted by molar-refractivity contribution is -0.122. The van der Waals surface area contributed by atoms with Crippen LogP contribution < -0.4 is 19.5 Å². The smallest absolute Gasteiger partial charge is 0.265 e. The Bertz CT molecular complexity index is 705. The Morgan fingerprint density at radius 2 is 1.75 bits per heavy atom. The van der Waals surface area contributed by atoms with Crippen LogP contribution in [0, 0.1) is 0 Å². The molecule has 0 unspecified atom stereocenters. The Morgan fingerprint density at radius 3 is 2.38 bits per heavy atom. The summed E-state index contributed by atoms with van der Waals surface area (Å²) in [6.45, 7) is 1.87. The van der Waals surface area contributed by atoms with Gasteiger partial charge in [0.15, 0.2) is 17.6 Å². The zero-order chi connectivity index (χ0) is 17.5. The van der Waals surface area contributed by atoms with E-state index in [0.717, 1.165) is 0 Å². The van der Waals surface area contributed by atoms with Crippen molar-refractivity contribution in [2.24, 2.45) is 0 Å². The van der Waals surface area contributed by atoms with Gasteiger partial charge in [-0.1, -0.05) is 30.7 Å². The molecule has 1 atom stereocenters. The molecule has 0 aliphatic heterocycles. The Balaban J connectivity index is 2.16. The molecule has 128 valence electrons. The van der Waals surface area contributed by atoms with Crippen LogP contribution in [0.3, 0.4) is 0 Å². The molecule has 5 nitrogen and oxygen atoms in total. The second-order valence-corrected chi connectivity index (χ2v) is 5.44. The zero-order valence-corrected chi connectivity index (χ0v) is 14.6. The number of halogens is 1. The summed E-state index contributed by atoms with van der Waals surface area (Å²) in [6, 6.07) is 12.2. The molecule has 0 spiro atoms. The molecular weight excluding hydrogens is 330 g/mol. The van der Waals surface area contributed by atoms with Crippen LogP contribution in [-0.2, 0) is 4.79 Å². The van der Waals surface area contributed by atoms with Crippen LogP contribution >= 0.6 is 11.6 Å². The predicted octanol–water partition coefficient (Wildman–Crippen LogP) is 4.15. The highest BCUT2D eigenvalue weighted by molar-refractivity contribution is 6.31. The Morgan fingerprint density at radius 1 is 1.08 bits per heavy atom. The summed E-state index contributed by atoms with van der Waals surface area (Å²) in [5.74, 6) is 1.33. The van der Waals surface area contributed by atoms with E-state index in [4.69, 9.17) is 25.8 Å². The van der Waals surface area contributed by atoms with Crippen LogP contribution in [0.2, 0.25) is 5.02 Å². The highest BCUT2D eigenvalue weighted by atomic mass is 35.5. The van der Waals surface area contributed by atoms with Gasteiger partial charge in [0.05, 0.1) is 19.9 Å². The minimum atomic E-state index is -0.676. The van der Waals surface area contributed by atoms with Gasteiger partial charge in [0.25, 0.3) is 5.91 Å². The number of rotatable bonds is 7. The normalized spacial score (nSPS) is 11.5. The van der Waals surface area contributed by atoms with Crippen LogP contribution in [0.5, 0.6) is 17.2 Å². The molecule has 1 N–H and O–H groups in total. The first-order chi connectivity index (χ1) is 11.6. The lowest BCUT2D eigenvalue weighted by Crippen LogP contribution is -2.32. The van der Waals surface area contributed by atoms with Crippen molar-refractivity contribution in [3.63, 3.8) is 0 Å². The van der Waals surface area contributed by atoms with E-state index in [9.17, 15) is 4.79 Å². The number of nitrogens with one attached hydrogen (secondary N) is 1. The van der Waals surface area contributed by atoms with Gasteiger partial charge in [-0.2, -0.15) is 0 Å². The van der Waals surface area contributed by atoms with Gasteiger partial charge in [0.2, 0.25) is 0 Å². The fourth-order valence-electron chi connectivity index (χ4n) is 2.18. The van der Waals surface area contributed by atoms with Crippen LogP contribution in [0.4, 0.5) is 5.69 Å². The fourth-order valence-corrected chi connectivity index (χ4v) is 2.35. The van der Waals surface area contributed by atoms with Crippen molar-refractivity contribution in [1.29, 1.82) is 0 Å². The summed E-state index contributed by atoms with van der Waals surface area (Å²) in [5.41, 5.74) is 0.497. The van der Waals surface area contributed by atoms with Crippen molar-refractivity contribution >= 4 is 23.2 Å². The number of amides is 1. The van der Waals surface area contributed by atoms with Crippen LogP contribution in [0.1, 0.15) is 13.3 Å². The standard InChI is InChI=1S/C18H20ClNO4/c1-4-14(24-17-8-6-5-7-16(17)23-3)18(21)20-13-11-12(19)9-10-15(13)22-2/h5-11,14H,4H2,1-3H3,(H,20,21)/t14-/m1/s1. The number of methoxy groups -OCH3 is 2. The zero-order valence-electron chi connectivity index (χ0n) is 13.8. The summed E-state index contributed by atoms with van der Waals surface area (Å²) in [4.78, 5) is 12.6. The lowest BCUT2D eigenvalue weighted by atomic mass is 10.2. The molecule has 0 aromatic heterocycles. The molecular formula is C18H20ClNO4. The number of hydrogen-bond donors (Lipinski definition) is 1. The van der Waals surface area contributed by atoms with Gasteiger partial charge in [0, 0.05) is 5.02 Å². The largest absolute Gasteiger partial charge is 0.495 e. The quantitative estimate of drug-likeness (QED) is 0.815. The third kappa shape index (κ3) is 4.32. The molecule has 0 bridgehead atoms. The minimum absolute atomic E-state index is 0.288. The first kappa shape index (κ1) is 17.9. The van der Waals surface area contributed by atoms with Crippen molar-refractivity contribution in [1.82, 2.24) is 0 Å². The molecule has 0 aliphatic rings. The van der Waals surface area contributed by atoms with Crippen molar-refractivity contribution in [3.8, 4) is 17.2 Å². The van der Waals surface area contributed by atoms with Gasteiger partial charge >= 0.3 is 0 Å². The Labute approximate surface area is 146 Å². The number of para-hydroxylation sites is 2. The van der Waals surface area contributed by atoms with E-state index in [2.05, 4.69) is 5.32 Å². The van der Waals surface area contributed by atoms with E-state index in [1.807, 2.05) is 19.1 Å². The maximum absolute atomic E-state index is 12.6. The molecule has 0 saturated carbocycles. The molecule has 2 rings (SSSR count). The summed E-state index contributed by atoms with van der Waals surface area (Å²) in [6.07, 6.45) is -0.183. The molecule has 1 amide bonds. The van der Waals surface area contributed by atoms with E-state index < -0.39 is 6.10 Å². The topological polar surface area (TPSA) is 56.8 Å². The van der Waals surface area contributed by atoms with E-state index in [0.29, 0.717) is 34.4 Å².